The highest BCUT2D eigenvalue weighted by Gasteiger charge is 2.17. The van der Waals surface area contributed by atoms with Gasteiger partial charge in [-0.05, 0) is 44.2 Å². The number of rotatable bonds is 4. The van der Waals surface area contributed by atoms with Crippen molar-refractivity contribution >= 4 is 17.5 Å². The van der Waals surface area contributed by atoms with E-state index in [4.69, 9.17) is 0 Å². The first-order valence-corrected chi connectivity index (χ1v) is 8.37. The Morgan fingerprint density at radius 2 is 2.00 bits per heavy atom. The summed E-state index contributed by atoms with van der Waals surface area (Å²) in [7, 11) is 0. The smallest absolute Gasteiger partial charge is 0.275 e. The van der Waals surface area contributed by atoms with E-state index in [2.05, 4.69) is 25.5 Å². The topological polar surface area (TPSA) is 90.0 Å². The summed E-state index contributed by atoms with van der Waals surface area (Å²) < 4.78 is 16.3. The number of anilines is 1. The fraction of sp³-hybridized carbons (Fsp3) is 0.167. The number of hydrogen-bond donors (Lipinski definition) is 1. The van der Waals surface area contributed by atoms with E-state index in [9.17, 15) is 9.18 Å². The van der Waals surface area contributed by atoms with Crippen LogP contribution in [0.4, 0.5) is 10.2 Å². The number of hydrogen-bond acceptors (Lipinski definition) is 5. The largest absolute Gasteiger partial charge is 0.304 e. The van der Waals surface area contributed by atoms with Gasteiger partial charge in [-0.2, -0.15) is 19.7 Å². The minimum atomic E-state index is -0.392. The summed E-state index contributed by atoms with van der Waals surface area (Å²) in [6.45, 7) is 4.60. The van der Waals surface area contributed by atoms with Gasteiger partial charge in [0.2, 0.25) is 0 Å². The Bertz CT molecular complexity index is 1130. The van der Waals surface area contributed by atoms with Gasteiger partial charge in [-0.25, -0.2) is 9.37 Å². The minimum Gasteiger partial charge on any atom is -0.304 e. The number of amides is 1. The Morgan fingerprint density at radius 1 is 1.22 bits per heavy atom. The van der Waals surface area contributed by atoms with E-state index in [0.717, 1.165) is 5.69 Å². The molecule has 0 saturated heterocycles. The van der Waals surface area contributed by atoms with Crippen LogP contribution in [0.3, 0.4) is 0 Å². The van der Waals surface area contributed by atoms with Crippen LogP contribution >= 0.6 is 0 Å². The number of benzene rings is 1. The summed E-state index contributed by atoms with van der Waals surface area (Å²) in [5.41, 5.74) is 2.36. The average Bonchev–Trinajstić information content (AvgIpc) is 3.27. The first-order valence-electron chi connectivity index (χ1n) is 8.37. The van der Waals surface area contributed by atoms with Crippen LogP contribution in [0.1, 0.15) is 23.1 Å². The minimum absolute atomic E-state index is 0.250. The zero-order valence-corrected chi connectivity index (χ0v) is 14.7. The van der Waals surface area contributed by atoms with Gasteiger partial charge in [0.05, 0.1) is 5.69 Å². The summed E-state index contributed by atoms with van der Waals surface area (Å²) in [6.07, 6.45) is 1.32. The molecule has 0 aliphatic rings. The third-order valence-electron chi connectivity index (χ3n) is 4.15. The molecule has 4 rings (SSSR count). The van der Waals surface area contributed by atoms with E-state index in [1.54, 1.807) is 28.9 Å². The maximum Gasteiger partial charge on any atom is 0.275 e. The van der Waals surface area contributed by atoms with Crippen LogP contribution in [0, 0.1) is 12.7 Å². The third kappa shape index (κ3) is 3.14. The van der Waals surface area contributed by atoms with Gasteiger partial charge < -0.3 is 5.32 Å². The number of carbonyl (C=O) groups is 1. The van der Waals surface area contributed by atoms with E-state index < -0.39 is 5.91 Å². The zero-order chi connectivity index (χ0) is 19.0. The average molecular weight is 365 g/mol. The third-order valence-corrected chi connectivity index (χ3v) is 4.15. The Kier molecular flexibility index (Phi) is 4.11. The summed E-state index contributed by atoms with van der Waals surface area (Å²) in [5.74, 6) is -0.0100. The molecule has 0 bridgehead atoms. The fourth-order valence-corrected chi connectivity index (χ4v) is 2.81. The molecule has 0 saturated carbocycles. The van der Waals surface area contributed by atoms with Crippen molar-refractivity contribution in [3.63, 3.8) is 0 Å². The Labute approximate surface area is 153 Å². The second kappa shape index (κ2) is 6.60. The number of halogens is 1. The van der Waals surface area contributed by atoms with Crippen LogP contribution in [-0.4, -0.2) is 35.3 Å². The molecule has 1 amide bonds. The van der Waals surface area contributed by atoms with E-state index in [-0.39, 0.29) is 17.3 Å². The highest BCUT2D eigenvalue weighted by atomic mass is 19.1. The molecule has 27 heavy (non-hydrogen) atoms. The number of aryl methyl sites for hydroxylation is 2. The second-order valence-electron chi connectivity index (χ2n) is 5.95. The highest BCUT2D eigenvalue weighted by molar-refractivity contribution is 6.03. The maximum atomic E-state index is 13.2. The molecule has 3 heterocycles. The lowest BCUT2D eigenvalue weighted by Gasteiger charge is -2.07. The van der Waals surface area contributed by atoms with Crippen molar-refractivity contribution in [3.05, 3.63) is 59.9 Å². The van der Waals surface area contributed by atoms with E-state index in [1.165, 1.54) is 23.0 Å². The van der Waals surface area contributed by atoms with Crippen LogP contribution in [0.15, 0.2) is 42.7 Å². The van der Waals surface area contributed by atoms with Crippen LogP contribution in [0.25, 0.3) is 17.0 Å². The van der Waals surface area contributed by atoms with Crippen LogP contribution in [-0.2, 0) is 6.54 Å². The van der Waals surface area contributed by atoms with Crippen LogP contribution in [0.5, 0.6) is 0 Å². The molecule has 8 nitrogen and oxygen atoms in total. The molecule has 0 spiro atoms. The van der Waals surface area contributed by atoms with Crippen molar-refractivity contribution in [2.45, 2.75) is 20.4 Å². The van der Waals surface area contributed by atoms with E-state index in [0.29, 0.717) is 23.6 Å². The van der Waals surface area contributed by atoms with Gasteiger partial charge in [0, 0.05) is 23.9 Å². The molecular weight excluding hydrogens is 349 g/mol. The zero-order valence-electron chi connectivity index (χ0n) is 14.7. The van der Waals surface area contributed by atoms with Crippen molar-refractivity contribution in [1.29, 1.82) is 0 Å². The first-order chi connectivity index (χ1) is 13.0. The van der Waals surface area contributed by atoms with Crippen molar-refractivity contribution in [2.75, 3.05) is 5.32 Å². The van der Waals surface area contributed by atoms with Gasteiger partial charge in [-0.3, -0.25) is 9.48 Å². The molecular formula is C18H16FN7O. The summed E-state index contributed by atoms with van der Waals surface area (Å²) in [6, 6.07) is 9.25. The van der Waals surface area contributed by atoms with Crippen molar-refractivity contribution in [1.82, 2.24) is 29.4 Å². The Hall–Kier alpha value is -3.62. The molecule has 0 unspecified atom stereocenters. The van der Waals surface area contributed by atoms with Crippen LogP contribution in [0.2, 0.25) is 0 Å². The van der Waals surface area contributed by atoms with Crippen LogP contribution < -0.4 is 5.32 Å². The molecule has 0 atom stereocenters. The summed E-state index contributed by atoms with van der Waals surface area (Å²) >= 11 is 0. The van der Waals surface area contributed by atoms with Gasteiger partial charge in [-0.15, -0.1) is 0 Å². The van der Waals surface area contributed by atoms with Gasteiger partial charge in [0.15, 0.2) is 5.82 Å². The maximum absolute atomic E-state index is 13.2. The molecule has 0 radical (unpaired) electrons. The van der Waals surface area contributed by atoms with Crippen molar-refractivity contribution < 1.29 is 9.18 Å². The standard InChI is InChI=1S/C18H16FN7O/c1-3-25-11(2)8-16(24-25)23-17(27)15-9-14(12-4-6-13(19)7-5-12)22-18-20-10-21-26(15)18/h4-10H,3H2,1-2H3,(H,23,24,27). The number of fused-ring (bicyclic) bond motifs is 1. The SMILES string of the molecule is CCn1nc(NC(=O)c2cc(-c3ccc(F)cc3)nc3ncnn23)cc1C. The molecule has 3 aromatic heterocycles. The molecule has 9 heteroatoms. The Balaban J connectivity index is 1.74. The molecule has 0 fully saturated rings. The van der Waals surface area contributed by atoms with Gasteiger partial charge in [0.25, 0.3) is 11.7 Å². The predicted molar refractivity (Wildman–Crippen MR) is 96.8 cm³/mol. The fourth-order valence-electron chi connectivity index (χ4n) is 2.81. The molecule has 0 aliphatic carbocycles. The quantitative estimate of drug-likeness (QED) is 0.600. The molecule has 4 aromatic rings. The Morgan fingerprint density at radius 3 is 2.70 bits per heavy atom. The van der Waals surface area contributed by atoms with Crippen molar-refractivity contribution in [3.8, 4) is 11.3 Å². The van der Waals surface area contributed by atoms with Gasteiger partial charge >= 0.3 is 0 Å². The predicted octanol–water partition coefficient (Wildman–Crippen LogP) is 2.71. The molecule has 1 aromatic carbocycles. The van der Waals surface area contributed by atoms with Gasteiger partial charge in [0.1, 0.15) is 17.8 Å². The van der Waals surface area contributed by atoms with E-state index in [1.807, 2.05) is 13.8 Å². The van der Waals surface area contributed by atoms with E-state index >= 15 is 0 Å². The number of nitrogens with zero attached hydrogens (tertiary/aromatic N) is 6. The lowest BCUT2D eigenvalue weighted by molar-refractivity contribution is 0.101. The summed E-state index contributed by atoms with van der Waals surface area (Å²) in [5, 5.41) is 11.2. The number of carbonyl (C=O) groups excluding carboxylic acids is 1. The molecule has 136 valence electrons. The van der Waals surface area contributed by atoms with Crippen molar-refractivity contribution in [2.24, 2.45) is 0 Å². The lowest BCUT2D eigenvalue weighted by Crippen LogP contribution is -2.18. The number of aromatic nitrogens is 6. The second-order valence-corrected chi connectivity index (χ2v) is 5.95. The number of nitrogens with one attached hydrogen (secondary N) is 1. The molecule has 1 N–H and O–H groups in total. The highest BCUT2D eigenvalue weighted by Crippen LogP contribution is 2.20. The van der Waals surface area contributed by atoms with Gasteiger partial charge in [-0.1, -0.05) is 0 Å². The lowest BCUT2D eigenvalue weighted by atomic mass is 10.1. The monoisotopic (exact) mass is 365 g/mol. The summed E-state index contributed by atoms with van der Waals surface area (Å²) in [4.78, 5) is 21.3. The normalized spacial score (nSPS) is 11.1. The molecule has 0 aliphatic heterocycles. The first kappa shape index (κ1) is 16.8.